The van der Waals surface area contributed by atoms with Crippen LogP contribution in [0, 0.1) is 11.3 Å². The third-order valence-electron chi connectivity index (χ3n) is 4.55. The van der Waals surface area contributed by atoms with Crippen LogP contribution in [0.4, 0.5) is 0 Å². The number of nitrogens with zero attached hydrogens (tertiary/aromatic N) is 2. The van der Waals surface area contributed by atoms with E-state index in [-0.39, 0.29) is 5.41 Å². The zero-order valence-corrected chi connectivity index (χ0v) is 17.3. The maximum atomic E-state index is 13.3. The number of rotatable bonds is 4. The van der Waals surface area contributed by atoms with Gasteiger partial charge in [0, 0.05) is 35.8 Å². The van der Waals surface area contributed by atoms with E-state index in [1.807, 2.05) is 29.9 Å². The van der Waals surface area contributed by atoms with E-state index in [4.69, 9.17) is 0 Å². The number of thiophene rings is 1. The molecule has 1 aromatic carbocycles. The zero-order chi connectivity index (χ0) is 19.1. The molecule has 0 N–H and O–H groups in total. The molecular weight excluding hydrogens is 364 g/mol. The molecule has 0 saturated heterocycles. The Kier molecular flexibility index (Phi) is 4.84. The molecule has 2 aromatic heterocycles. The van der Waals surface area contributed by atoms with E-state index in [1.165, 1.54) is 11.3 Å². The third kappa shape index (κ3) is 3.35. The molecule has 0 fully saturated rings. The smallest absolute Gasteiger partial charge is 0.216 e. The second-order valence-electron chi connectivity index (χ2n) is 7.37. The molecule has 3 rings (SSSR count). The number of imidazole rings is 1. The van der Waals surface area contributed by atoms with E-state index in [9.17, 15) is 8.42 Å². The second-order valence-corrected chi connectivity index (χ2v) is 10.6. The number of hydrogen-bond acceptors (Lipinski definition) is 4. The lowest BCUT2D eigenvalue weighted by atomic mass is 9.81. The van der Waals surface area contributed by atoms with Crippen LogP contribution in [0.25, 0.3) is 11.4 Å². The van der Waals surface area contributed by atoms with Gasteiger partial charge in [-0.1, -0.05) is 45.9 Å². The van der Waals surface area contributed by atoms with Crippen molar-refractivity contribution in [1.29, 1.82) is 0 Å². The van der Waals surface area contributed by atoms with Gasteiger partial charge in [-0.15, -0.1) is 11.3 Å². The Balaban J connectivity index is 2.24. The molecule has 26 heavy (non-hydrogen) atoms. The van der Waals surface area contributed by atoms with Crippen molar-refractivity contribution in [2.24, 2.45) is 12.5 Å². The average molecular weight is 388 g/mol. The fraction of sp³-hybridized carbons (Fsp3) is 0.300. The molecule has 0 saturated carbocycles. The van der Waals surface area contributed by atoms with Crippen molar-refractivity contribution in [1.82, 2.24) is 9.55 Å². The van der Waals surface area contributed by atoms with Crippen molar-refractivity contribution in [3.63, 3.8) is 0 Å². The van der Waals surface area contributed by atoms with E-state index in [2.05, 4.69) is 32.7 Å². The van der Waals surface area contributed by atoms with E-state index >= 15 is 0 Å². The van der Waals surface area contributed by atoms with Gasteiger partial charge in [0.15, 0.2) is 0 Å². The minimum atomic E-state index is -3.62. The Labute approximate surface area is 159 Å². The first-order valence-corrected chi connectivity index (χ1v) is 10.7. The lowest BCUT2D eigenvalue weighted by Gasteiger charge is -2.25. The summed E-state index contributed by atoms with van der Waals surface area (Å²) in [5, 5.41) is 0. The molecule has 0 aliphatic carbocycles. The highest BCUT2D eigenvalue weighted by molar-refractivity contribution is 7.93. The molecule has 6 heteroatoms. The van der Waals surface area contributed by atoms with Crippen LogP contribution < -0.4 is 0 Å². The van der Waals surface area contributed by atoms with Gasteiger partial charge in [0.1, 0.15) is 10.0 Å². The summed E-state index contributed by atoms with van der Waals surface area (Å²) in [5.41, 5.74) is 0.613. The first-order valence-electron chi connectivity index (χ1n) is 8.38. The molecule has 0 aliphatic rings. The normalized spacial score (nSPS) is 12.7. The van der Waals surface area contributed by atoms with E-state index in [1.54, 1.807) is 30.5 Å². The number of aryl methyl sites for hydroxylation is 1. The van der Waals surface area contributed by atoms with Crippen LogP contribution in [0.5, 0.6) is 0 Å². The summed E-state index contributed by atoms with van der Waals surface area (Å²) in [6.45, 7) is 8.46. The second kappa shape index (κ2) is 6.67. The predicted octanol–water partition coefficient (Wildman–Crippen LogP) is 4.97. The predicted molar refractivity (Wildman–Crippen MR) is 106 cm³/mol. The molecule has 0 aliphatic heterocycles. The summed E-state index contributed by atoms with van der Waals surface area (Å²) in [7, 11) is -1.74. The largest absolute Gasteiger partial charge is 0.334 e. The molecule has 2 heterocycles. The lowest BCUT2D eigenvalue weighted by Crippen LogP contribution is -2.14. The van der Waals surface area contributed by atoms with Crippen LogP contribution in [-0.4, -0.2) is 18.0 Å². The van der Waals surface area contributed by atoms with Gasteiger partial charge in [-0.05, 0) is 23.6 Å². The van der Waals surface area contributed by atoms with Crippen molar-refractivity contribution in [2.45, 2.75) is 36.8 Å². The standard InChI is InChI=1S/C20H23N2O2S2/c1-14(20(2,3)4)17-13-16(18-21-11-12-22(18)5)19(25-17)26(23,24)15-9-7-6-8-10-15/h6-13H,1-5H3. The SMILES string of the molecule is C[C](c1cc(-c2nccn2C)c(S(=O)(=O)c2ccccc2)s1)C(C)(C)C. The van der Waals surface area contributed by atoms with Crippen LogP contribution in [0.15, 0.2) is 57.9 Å². The summed E-state index contributed by atoms with van der Waals surface area (Å²) in [6, 6.07) is 10.5. The molecule has 0 spiro atoms. The van der Waals surface area contributed by atoms with Crippen molar-refractivity contribution in [3.05, 3.63) is 59.6 Å². The van der Waals surface area contributed by atoms with Crippen molar-refractivity contribution < 1.29 is 8.42 Å². The highest BCUT2D eigenvalue weighted by Crippen LogP contribution is 2.44. The summed E-state index contributed by atoms with van der Waals surface area (Å²) in [6.07, 6.45) is 3.51. The molecule has 137 valence electrons. The molecular formula is C20H23N2O2S2. The highest BCUT2D eigenvalue weighted by atomic mass is 32.2. The molecule has 4 nitrogen and oxygen atoms in total. The number of hydrogen-bond donors (Lipinski definition) is 0. The molecule has 3 aromatic rings. The fourth-order valence-corrected chi connectivity index (χ4v) is 5.88. The Morgan fingerprint density at radius 1 is 1.15 bits per heavy atom. The highest BCUT2D eigenvalue weighted by Gasteiger charge is 2.31. The van der Waals surface area contributed by atoms with Gasteiger partial charge in [-0.3, -0.25) is 0 Å². The first kappa shape index (κ1) is 18.9. The quantitative estimate of drug-likeness (QED) is 0.635. The Bertz CT molecular complexity index is 1010. The molecule has 1 radical (unpaired) electrons. The average Bonchev–Trinajstić information content (AvgIpc) is 3.20. The zero-order valence-electron chi connectivity index (χ0n) is 15.6. The summed E-state index contributed by atoms with van der Waals surface area (Å²) in [4.78, 5) is 5.66. The van der Waals surface area contributed by atoms with Gasteiger partial charge < -0.3 is 4.57 Å². The van der Waals surface area contributed by atoms with Gasteiger partial charge in [-0.2, -0.15) is 0 Å². The van der Waals surface area contributed by atoms with Crippen LogP contribution in [0.3, 0.4) is 0 Å². The number of benzene rings is 1. The van der Waals surface area contributed by atoms with E-state index in [0.29, 0.717) is 20.5 Å². The Morgan fingerprint density at radius 3 is 2.35 bits per heavy atom. The van der Waals surface area contributed by atoms with Crippen LogP contribution in [-0.2, 0) is 16.9 Å². The van der Waals surface area contributed by atoms with Gasteiger partial charge in [-0.25, -0.2) is 13.4 Å². The summed E-state index contributed by atoms with van der Waals surface area (Å²) < 4.78 is 28.8. The third-order valence-corrected chi connectivity index (χ3v) is 8.11. The van der Waals surface area contributed by atoms with Gasteiger partial charge in [0.25, 0.3) is 0 Å². The van der Waals surface area contributed by atoms with Crippen LogP contribution in [0.2, 0.25) is 0 Å². The minimum Gasteiger partial charge on any atom is -0.334 e. The van der Waals surface area contributed by atoms with Crippen molar-refractivity contribution >= 4 is 21.2 Å². The topological polar surface area (TPSA) is 52.0 Å². The maximum Gasteiger partial charge on any atom is 0.216 e. The van der Waals surface area contributed by atoms with Crippen LogP contribution >= 0.6 is 11.3 Å². The van der Waals surface area contributed by atoms with E-state index < -0.39 is 9.84 Å². The van der Waals surface area contributed by atoms with Crippen molar-refractivity contribution in [3.8, 4) is 11.4 Å². The van der Waals surface area contributed by atoms with E-state index in [0.717, 1.165) is 10.8 Å². The first-order chi connectivity index (χ1) is 12.1. The van der Waals surface area contributed by atoms with Crippen molar-refractivity contribution in [2.75, 3.05) is 0 Å². The lowest BCUT2D eigenvalue weighted by molar-refractivity contribution is 0.454. The minimum absolute atomic E-state index is 0.0441. The monoisotopic (exact) mass is 387 g/mol. The Hall–Kier alpha value is -1.92. The molecule has 0 bridgehead atoms. The Morgan fingerprint density at radius 2 is 1.81 bits per heavy atom. The summed E-state index contributed by atoms with van der Waals surface area (Å²) in [5.74, 6) is 1.82. The van der Waals surface area contributed by atoms with Gasteiger partial charge >= 0.3 is 0 Å². The van der Waals surface area contributed by atoms with Crippen LogP contribution in [0.1, 0.15) is 32.6 Å². The fourth-order valence-electron chi connectivity index (χ4n) is 2.62. The number of sulfone groups is 1. The molecule has 0 amide bonds. The molecule has 0 atom stereocenters. The maximum absolute atomic E-state index is 13.3. The van der Waals surface area contributed by atoms with Gasteiger partial charge in [0.05, 0.1) is 4.90 Å². The molecule has 0 unspecified atom stereocenters. The number of aromatic nitrogens is 2. The van der Waals surface area contributed by atoms with Gasteiger partial charge in [0.2, 0.25) is 9.84 Å². The summed E-state index contributed by atoms with van der Waals surface area (Å²) >= 11 is 1.32.